The summed E-state index contributed by atoms with van der Waals surface area (Å²) >= 11 is 1.29. The molecule has 1 aliphatic heterocycles. The predicted octanol–water partition coefficient (Wildman–Crippen LogP) is 4.10. The van der Waals surface area contributed by atoms with Crippen LogP contribution in [-0.4, -0.2) is 17.7 Å². The Bertz CT molecular complexity index is 958. The standard InChI is InChI=1S/C20H17N3O2S/c1-13-7-8-14(2)16(11-13)22-20-23-19(24)18(26-20)12-15-5-3-4-6-17(15)25-10-9-21/h3-8,11-12H,10H2,1-2H3,(H,22,23,24)/b18-12+. The molecule has 1 heterocycles. The van der Waals surface area contributed by atoms with Crippen LogP contribution in [0.2, 0.25) is 0 Å². The van der Waals surface area contributed by atoms with Crippen LogP contribution in [0.25, 0.3) is 6.08 Å². The Balaban J connectivity index is 1.87. The van der Waals surface area contributed by atoms with Gasteiger partial charge in [-0.1, -0.05) is 30.3 Å². The van der Waals surface area contributed by atoms with E-state index in [1.807, 2.05) is 56.3 Å². The first-order valence-corrected chi connectivity index (χ1v) is 8.84. The Kier molecular flexibility index (Phi) is 5.40. The van der Waals surface area contributed by atoms with Crippen LogP contribution in [0.5, 0.6) is 5.75 Å². The van der Waals surface area contributed by atoms with Crippen molar-refractivity contribution in [1.82, 2.24) is 5.32 Å². The third-order valence-corrected chi connectivity index (χ3v) is 4.65. The minimum atomic E-state index is -0.200. The maximum Gasteiger partial charge on any atom is 0.264 e. The van der Waals surface area contributed by atoms with E-state index in [9.17, 15) is 4.79 Å². The number of hydrogen-bond donors (Lipinski definition) is 1. The number of ether oxygens (including phenoxy) is 1. The number of rotatable bonds is 4. The largest absolute Gasteiger partial charge is 0.478 e. The van der Waals surface area contributed by atoms with Crippen molar-refractivity contribution in [3.05, 3.63) is 64.1 Å². The second-order valence-corrected chi connectivity index (χ2v) is 6.79. The van der Waals surface area contributed by atoms with Gasteiger partial charge in [-0.15, -0.1) is 0 Å². The van der Waals surface area contributed by atoms with E-state index in [1.54, 1.807) is 12.1 Å². The number of amides is 1. The highest BCUT2D eigenvalue weighted by molar-refractivity contribution is 8.18. The fourth-order valence-electron chi connectivity index (χ4n) is 2.41. The summed E-state index contributed by atoms with van der Waals surface area (Å²) in [6.07, 6.45) is 1.75. The maximum atomic E-state index is 12.3. The first-order chi connectivity index (χ1) is 12.6. The van der Waals surface area contributed by atoms with Crippen molar-refractivity contribution >= 4 is 34.6 Å². The third kappa shape index (κ3) is 4.13. The molecule has 1 N–H and O–H groups in total. The molecule has 26 heavy (non-hydrogen) atoms. The van der Waals surface area contributed by atoms with E-state index in [0.717, 1.165) is 22.4 Å². The molecule has 1 aliphatic rings. The van der Waals surface area contributed by atoms with Crippen LogP contribution in [0, 0.1) is 25.2 Å². The van der Waals surface area contributed by atoms with E-state index in [-0.39, 0.29) is 12.5 Å². The molecule has 1 saturated heterocycles. The van der Waals surface area contributed by atoms with Gasteiger partial charge in [-0.05, 0) is 54.9 Å². The number of nitriles is 1. The zero-order valence-corrected chi connectivity index (χ0v) is 15.3. The molecule has 2 aromatic carbocycles. The summed E-state index contributed by atoms with van der Waals surface area (Å²) in [5.41, 5.74) is 3.74. The van der Waals surface area contributed by atoms with Gasteiger partial charge < -0.3 is 10.1 Å². The monoisotopic (exact) mass is 363 g/mol. The molecule has 1 fully saturated rings. The van der Waals surface area contributed by atoms with Crippen molar-refractivity contribution in [2.24, 2.45) is 4.99 Å². The maximum absolute atomic E-state index is 12.3. The predicted molar refractivity (Wildman–Crippen MR) is 104 cm³/mol. The van der Waals surface area contributed by atoms with Gasteiger partial charge in [0.1, 0.15) is 11.8 Å². The first kappa shape index (κ1) is 17.8. The SMILES string of the molecule is Cc1ccc(C)c(N=C2NC(=O)/C(=C\c3ccccc3OCC#N)S2)c1. The summed E-state index contributed by atoms with van der Waals surface area (Å²) in [7, 11) is 0. The molecule has 0 spiro atoms. The molecular weight excluding hydrogens is 346 g/mol. The molecule has 2 aromatic rings. The van der Waals surface area contributed by atoms with Crippen LogP contribution >= 0.6 is 11.8 Å². The summed E-state index contributed by atoms with van der Waals surface area (Å²) in [5.74, 6) is 0.365. The van der Waals surface area contributed by atoms with E-state index in [4.69, 9.17) is 10.00 Å². The van der Waals surface area contributed by atoms with E-state index < -0.39 is 0 Å². The molecule has 0 radical (unpaired) electrons. The molecule has 0 atom stereocenters. The van der Waals surface area contributed by atoms with Crippen molar-refractivity contribution in [1.29, 1.82) is 5.26 Å². The minimum Gasteiger partial charge on any atom is -0.478 e. The summed E-state index contributed by atoms with van der Waals surface area (Å²) in [4.78, 5) is 17.4. The summed E-state index contributed by atoms with van der Waals surface area (Å²) in [5, 5.41) is 12.0. The number of carbonyl (C=O) groups excluding carboxylic acids is 1. The lowest BCUT2D eigenvalue weighted by Gasteiger charge is -2.05. The van der Waals surface area contributed by atoms with Gasteiger partial charge in [0.15, 0.2) is 11.8 Å². The first-order valence-electron chi connectivity index (χ1n) is 8.02. The molecule has 0 aliphatic carbocycles. The number of aliphatic imine (C=N–C) groups is 1. The molecular formula is C20H17N3O2S. The van der Waals surface area contributed by atoms with Crippen LogP contribution in [0.15, 0.2) is 52.4 Å². The Morgan fingerprint density at radius 2 is 2.08 bits per heavy atom. The minimum absolute atomic E-state index is 0.0428. The van der Waals surface area contributed by atoms with Gasteiger partial charge in [-0.2, -0.15) is 5.26 Å². The van der Waals surface area contributed by atoms with Crippen molar-refractivity contribution < 1.29 is 9.53 Å². The molecule has 0 bridgehead atoms. The molecule has 3 rings (SSSR count). The Morgan fingerprint density at radius 3 is 2.88 bits per heavy atom. The van der Waals surface area contributed by atoms with Crippen LogP contribution in [-0.2, 0) is 4.79 Å². The molecule has 1 amide bonds. The van der Waals surface area contributed by atoms with Gasteiger partial charge in [-0.3, -0.25) is 4.79 Å². The number of para-hydroxylation sites is 1. The van der Waals surface area contributed by atoms with Crippen molar-refractivity contribution in [3.8, 4) is 11.8 Å². The molecule has 5 nitrogen and oxygen atoms in total. The van der Waals surface area contributed by atoms with Crippen LogP contribution < -0.4 is 10.1 Å². The van der Waals surface area contributed by atoms with Crippen LogP contribution in [0.1, 0.15) is 16.7 Å². The zero-order chi connectivity index (χ0) is 18.5. The lowest BCUT2D eigenvalue weighted by molar-refractivity contribution is -0.115. The van der Waals surface area contributed by atoms with Crippen molar-refractivity contribution in [2.75, 3.05) is 6.61 Å². The summed E-state index contributed by atoms with van der Waals surface area (Å²) in [6, 6.07) is 15.3. The quantitative estimate of drug-likeness (QED) is 0.830. The molecule has 0 unspecified atom stereocenters. The zero-order valence-electron chi connectivity index (χ0n) is 14.4. The Morgan fingerprint density at radius 1 is 1.27 bits per heavy atom. The number of nitrogens with one attached hydrogen (secondary N) is 1. The number of amidine groups is 1. The molecule has 0 saturated carbocycles. The fourth-order valence-corrected chi connectivity index (χ4v) is 3.24. The number of thioether (sulfide) groups is 1. The van der Waals surface area contributed by atoms with Gasteiger partial charge in [0.05, 0.1) is 10.6 Å². The second-order valence-electron chi connectivity index (χ2n) is 5.76. The number of nitrogens with zero attached hydrogens (tertiary/aromatic N) is 2. The smallest absolute Gasteiger partial charge is 0.264 e. The normalized spacial score (nSPS) is 16.6. The van der Waals surface area contributed by atoms with Gasteiger partial charge in [0, 0.05) is 5.56 Å². The topological polar surface area (TPSA) is 74.5 Å². The average molecular weight is 363 g/mol. The summed E-state index contributed by atoms with van der Waals surface area (Å²) < 4.78 is 5.41. The Labute approximate surface area is 156 Å². The van der Waals surface area contributed by atoms with Crippen LogP contribution in [0.3, 0.4) is 0 Å². The highest BCUT2D eigenvalue weighted by Crippen LogP contribution is 2.31. The Hall–Kier alpha value is -3.04. The number of hydrogen-bond acceptors (Lipinski definition) is 5. The number of benzene rings is 2. The van der Waals surface area contributed by atoms with E-state index in [2.05, 4.69) is 10.3 Å². The van der Waals surface area contributed by atoms with E-state index >= 15 is 0 Å². The second kappa shape index (κ2) is 7.89. The van der Waals surface area contributed by atoms with Crippen LogP contribution in [0.4, 0.5) is 5.69 Å². The lowest BCUT2D eigenvalue weighted by atomic mass is 10.1. The van der Waals surface area contributed by atoms with Gasteiger partial charge in [0.25, 0.3) is 5.91 Å². The third-order valence-electron chi connectivity index (χ3n) is 3.74. The molecule has 6 heteroatoms. The van der Waals surface area contributed by atoms with E-state index in [1.165, 1.54) is 11.8 Å². The van der Waals surface area contributed by atoms with Gasteiger partial charge in [-0.25, -0.2) is 4.99 Å². The highest BCUT2D eigenvalue weighted by Gasteiger charge is 2.24. The highest BCUT2D eigenvalue weighted by atomic mass is 32.2. The van der Waals surface area contributed by atoms with Gasteiger partial charge >= 0.3 is 0 Å². The number of aryl methyl sites for hydroxylation is 2. The lowest BCUT2D eigenvalue weighted by Crippen LogP contribution is -2.19. The number of carbonyl (C=O) groups is 1. The summed E-state index contributed by atoms with van der Waals surface area (Å²) in [6.45, 7) is 3.95. The molecule has 130 valence electrons. The average Bonchev–Trinajstić information content (AvgIpc) is 2.96. The molecule has 0 aromatic heterocycles. The fraction of sp³-hybridized carbons (Fsp3) is 0.150. The van der Waals surface area contributed by atoms with E-state index in [0.29, 0.717) is 15.8 Å². The van der Waals surface area contributed by atoms with Crippen molar-refractivity contribution in [3.63, 3.8) is 0 Å². The van der Waals surface area contributed by atoms with Crippen molar-refractivity contribution in [2.45, 2.75) is 13.8 Å². The van der Waals surface area contributed by atoms with Gasteiger partial charge in [0.2, 0.25) is 0 Å².